The minimum Gasteiger partial charge on any atom is -0.481 e. The molecular formula is C18H19ClN2O7S2. The molecule has 162 valence electrons. The van der Waals surface area contributed by atoms with Crippen LogP contribution in [0.2, 0.25) is 5.02 Å². The Morgan fingerprint density at radius 3 is 2.47 bits per heavy atom. The van der Waals surface area contributed by atoms with E-state index in [2.05, 4.69) is 0 Å². The van der Waals surface area contributed by atoms with Crippen molar-refractivity contribution in [2.24, 2.45) is 0 Å². The lowest BCUT2D eigenvalue weighted by molar-refractivity contribution is -0.156. The summed E-state index contributed by atoms with van der Waals surface area (Å²) in [4.78, 5) is 35.5. The quantitative estimate of drug-likeness (QED) is 0.355. The highest BCUT2D eigenvalue weighted by Crippen LogP contribution is 2.24. The first kappa shape index (κ1) is 24.0. The van der Waals surface area contributed by atoms with E-state index in [1.807, 2.05) is 0 Å². The van der Waals surface area contributed by atoms with Crippen LogP contribution in [0.4, 0.5) is 0 Å². The Hall–Kier alpha value is -2.31. The molecule has 0 aliphatic carbocycles. The number of hydrogen-bond donors (Lipinski definition) is 3. The smallest absolute Gasteiger partial charge is 0.394 e. The molecule has 0 radical (unpaired) electrons. The van der Waals surface area contributed by atoms with E-state index < -0.39 is 28.8 Å². The number of carbonyl (C=O) groups excluding carboxylic acids is 1. The van der Waals surface area contributed by atoms with Crippen molar-refractivity contribution < 1.29 is 34.0 Å². The summed E-state index contributed by atoms with van der Waals surface area (Å²) in [5.74, 6) is -3.71. The number of carboxylic acids is 2. The summed E-state index contributed by atoms with van der Waals surface area (Å²) >= 11 is 6.99. The van der Waals surface area contributed by atoms with Gasteiger partial charge in [-0.2, -0.15) is 0 Å². The van der Waals surface area contributed by atoms with Crippen molar-refractivity contribution in [3.8, 4) is 0 Å². The van der Waals surface area contributed by atoms with Crippen LogP contribution in [0.1, 0.15) is 23.3 Å². The minimum atomic E-state index is -1.92. The maximum absolute atomic E-state index is 12.4. The highest BCUT2D eigenvalue weighted by molar-refractivity contribution is 7.84. The summed E-state index contributed by atoms with van der Waals surface area (Å²) in [6.45, 7) is -0.113. The van der Waals surface area contributed by atoms with Crippen LogP contribution < -0.4 is 0 Å². The van der Waals surface area contributed by atoms with Gasteiger partial charge in [0, 0.05) is 29.4 Å². The fourth-order valence-electron chi connectivity index (χ4n) is 2.47. The number of halogens is 1. The van der Waals surface area contributed by atoms with E-state index in [-0.39, 0.29) is 36.7 Å². The fourth-order valence-corrected chi connectivity index (χ4v) is 4.98. The largest absolute Gasteiger partial charge is 0.481 e. The van der Waals surface area contributed by atoms with E-state index in [0.717, 1.165) is 16.2 Å². The number of amides is 1. The molecule has 9 nitrogen and oxygen atoms in total. The topological polar surface area (TPSA) is 135 Å². The lowest BCUT2D eigenvalue weighted by Crippen LogP contribution is -2.35. The van der Waals surface area contributed by atoms with Crippen LogP contribution in [0.15, 0.2) is 40.6 Å². The molecule has 1 heterocycles. The average Bonchev–Trinajstić information content (AvgIpc) is 3.14. The molecule has 1 atom stereocenters. The molecule has 1 aromatic carbocycles. The number of hydroxylamine groups is 1. The van der Waals surface area contributed by atoms with Gasteiger partial charge in [0.2, 0.25) is 0 Å². The molecule has 12 heteroatoms. The third kappa shape index (κ3) is 7.18. The highest BCUT2D eigenvalue weighted by atomic mass is 35.5. The van der Waals surface area contributed by atoms with Gasteiger partial charge in [0.1, 0.15) is 4.21 Å². The number of aliphatic carboxylic acids is 2. The molecule has 0 spiro atoms. The summed E-state index contributed by atoms with van der Waals surface area (Å²) in [7, 11) is -1.92. The highest BCUT2D eigenvalue weighted by Gasteiger charge is 2.23. The molecule has 3 N–H and O–H groups in total. The van der Waals surface area contributed by atoms with Crippen LogP contribution in [0.25, 0.3) is 0 Å². The van der Waals surface area contributed by atoms with E-state index in [0.29, 0.717) is 19.9 Å². The van der Waals surface area contributed by atoms with Crippen molar-refractivity contribution >= 4 is 51.8 Å². The van der Waals surface area contributed by atoms with Gasteiger partial charge in [-0.05, 0) is 36.2 Å². The molecular weight excluding hydrogens is 456 g/mol. The van der Waals surface area contributed by atoms with Gasteiger partial charge in [-0.1, -0.05) is 23.7 Å². The molecule has 0 saturated carbocycles. The molecule has 1 amide bonds. The molecule has 0 saturated heterocycles. The van der Waals surface area contributed by atoms with Gasteiger partial charge in [-0.25, -0.2) is 9.00 Å². The second kappa shape index (κ2) is 11.2. The molecule has 30 heavy (non-hydrogen) atoms. The van der Waals surface area contributed by atoms with Gasteiger partial charge in [0.25, 0.3) is 0 Å². The Bertz CT molecular complexity index is 950. The van der Waals surface area contributed by atoms with Crippen LogP contribution in [0.5, 0.6) is 0 Å². The number of carbonyl (C=O) groups is 3. The molecule has 0 bridgehead atoms. The molecule has 0 fully saturated rings. The monoisotopic (exact) mass is 474 g/mol. The zero-order chi connectivity index (χ0) is 22.3. The third-order valence-electron chi connectivity index (χ3n) is 3.82. The van der Waals surface area contributed by atoms with Gasteiger partial charge in [-0.3, -0.25) is 9.59 Å². The lowest BCUT2D eigenvalue weighted by atomic mass is 10.2. The molecule has 0 aliphatic heterocycles. The summed E-state index contributed by atoms with van der Waals surface area (Å²) in [5, 5.41) is 28.0. The molecule has 2 rings (SSSR count). The van der Waals surface area contributed by atoms with Crippen molar-refractivity contribution in [3.05, 3.63) is 51.9 Å². The van der Waals surface area contributed by atoms with E-state index in [1.165, 1.54) is 6.07 Å². The van der Waals surface area contributed by atoms with Gasteiger partial charge in [-0.15, -0.1) is 15.8 Å². The van der Waals surface area contributed by atoms with Crippen LogP contribution >= 0.6 is 22.9 Å². The molecule has 1 aromatic heterocycles. The van der Waals surface area contributed by atoms with E-state index in [9.17, 15) is 23.8 Å². The lowest BCUT2D eigenvalue weighted by Gasteiger charge is -2.20. The number of rotatable bonds is 10. The molecule has 2 aromatic rings. The number of hydrogen-bond acceptors (Lipinski definition) is 6. The summed E-state index contributed by atoms with van der Waals surface area (Å²) in [5.41, 5.74) is 0.650. The Morgan fingerprint density at radius 2 is 1.83 bits per heavy atom. The Balaban J connectivity index is 2.08. The summed E-state index contributed by atoms with van der Waals surface area (Å²) in [6, 6.07) is 9.77. The minimum absolute atomic E-state index is 0.0172. The maximum Gasteiger partial charge on any atom is 0.394 e. The number of benzene rings is 1. The first-order valence-electron chi connectivity index (χ1n) is 8.63. The standard InChI is InChI=1S/C18H19ClN2O7S2/c19-13-4-1-3-12(9-13)10-20(17(24)18(25)26)11-14-6-7-16(29-14)30(28)21(27)8-2-5-15(22)23/h1,3-4,6-7,9,27H,2,5,8,10-11H2,(H,22,23)(H,25,26). The third-order valence-corrected chi connectivity index (χ3v) is 6.64. The van der Waals surface area contributed by atoms with Crippen LogP contribution in [-0.2, 0) is 38.5 Å². The van der Waals surface area contributed by atoms with Crippen LogP contribution in [0.3, 0.4) is 0 Å². The second-order valence-electron chi connectivity index (χ2n) is 6.14. The maximum atomic E-state index is 12.4. The Kier molecular flexibility index (Phi) is 8.93. The summed E-state index contributed by atoms with van der Waals surface area (Å²) < 4.78 is 13.2. The number of thiophene rings is 1. The average molecular weight is 475 g/mol. The SMILES string of the molecule is O=C(O)CCCN(O)S(=O)c1ccc(CN(Cc2cccc(Cl)c2)C(=O)C(=O)O)s1. The number of carboxylic acid groups (broad SMARTS) is 2. The number of nitrogens with zero attached hydrogens (tertiary/aromatic N) is 2. The first-order valence-corrected chi connectivity index (χ1v) is 10.9. The second-order valence-corrected chi connectivity index (χ2v) is 9.36. The van der Waals surface area contributed by atoms with Gasteiger partial charge >= 0.3 is 17.8 Å². The van der Waals surface area contributed by atoms with E-state index in [1.54, 1.807) is 30.3 Å². The first-order chi connectivity index (χ1) is 14.2. The fraction of sp³-hybridized carbons (Fsp3) is 0.278. The van der Waals surface area contributed by atoms with Gasteiger partial charge < -0.3 is 20.3 Å². The van der Waals surface area contributed by atoms with Gasteiger partial charge in [0.15, 0.2) is 11.0 Å². The van der Waals surface area contributed by atoms with E-state index in [4.69, 9.17) is 21.8 Å². The molecule has 1 unspecified atom stereocenters. The van der Waals surface area contributed by atoms with Crippen LogP contribution in [0, 0.1) is 0 Å². The van der Waals surface area contributed by atoms with Crippen LogP contribution in [-0.4, -0.2) is 53.4 Å². The van der Waals surface area contributed by atoms with E-state index >= 15 is 0 Å². The Labute approximate surface area is 183 Å². The predicted molar refractivity (Wildman–Crippen MR) is 109 cm³/mol. The van der Waals surface area contributed by atoms with Crippen molar-refractivity contribution in [1.82, 2.24) is 9.37 Å². The van der Waals surface area contributed by atoms with Crippen molar-refractivity contribution in [2.45, 2.75) is 30.1 Å². The van der Waals surface area contributed by atoms with Crippen molar-refractivity contribution in [2.75, 3.05) is 6.54 Å². The van der Waals surface area contributed by atoms with Gasteiger partial charge in [0.05, 0.1) is 6.54 Å². The zero-order valence-corrected chi connectivity index (χ0v) is 18.0. The van der Waals surface area contributed by atoms with Crippen molar-refractivity contribution in [1.29, 1.82) is 0 Å². The molecule has 0 aliphatic rings. The normalized spacial score (nSPS) is 12.0. The summed E-state index contributed by atoms with van der Waals surface area (Å²) in [6.07, 6.45) is -0.0456. The zero-order valence-electron chi connectivity index (χ0n) is 15.6. The predicted octanol–water partition coefficient (Wildman–Crippen LogP) is 2.59. The van der Waals surface area contributed by atoms with Crippen molar-refractivity contribution in [3.63, 3.8) is 0 Å². The Morgan fingerprint density at radius 1 is 1.10 bits per heavy atom.